The van der Waals surface area contributed by atoms with Gasteiger partial charge in [-0.25, -0.2) is 5.43 Å². The molecule has 1 N–H and O–H groups in total. The van der Waals surface area contributed by atoms with Crippen LogP contribution >= 0.6 is 0 Å². The molecule has 2 aromatic carbocycles. The topological polar surface area (TPSA) is 98.3 Å². The molecule has 0 fully saturated rings. The zero-order valence-corrected chi connectivity index (χ0v) is 12.1. The number of ether oxygens (including phenoxy) is 1. The number of hydrazone groups is 1. The second kappa shape index (κ2) is 7.96. The van der Waals surface area contributed by atoms with Crippen LogP contribution in [-0.4, -0.2) is 18.7 Å². The van der Waals surface area contributed by atoms with Crippen molar-refractivity contribution in [2.75, 3.05) is 6.61 Å². The standard InChI is InChI=1S/C17H12N4O2/c18-9-13-1-3-15(4-2-13)11-20-21-17(22)12-23-16-7-5-14(10-19)6-8-16/h1-8,11H,12H2,(H,21,22)/b20-11-. The molecule has 6 nitrogen and oxygen atoms in total. The van der Waals surface area contributed by atoms with Crippen molar-refractivity contribution in [2.45, 2.75) is 0 Å². The van der Waals surface area contributed by atoms with Gasteiger partial charge in [0.05, 0.1) is 29.5 Å². The van der Waals surface area contributed by atoms with Crippen LogP contribution in [-0.2, 0) is 4.79 Å². The number of hydrogen-bond acceptors (Lipinski definition) is 5. The second-order valence-corrected chi connectivity index (χ2v) is 4.45. The van der Waals surface area contributed by atoms with E-state index < -0.39 is 5.91 Å². The van der Waals surface area contributed by atoms with Crippen LogP contribution in [0.2, 0.25) is 0 Å². The third-order valence-electron chi connectivity index (χ3n) is 2.80. The van der Waals surface area contributed by atoms with Gasteiger partial charge in [-0.2, -0.15) is 15.6 Å². The van der Waals surface area contributed by atoms with Crippen LogP contribution in [0.1, 0.15) is 16.7 Å². The average molecular weight is 304 g/mol. The third-order valence-corrected chi connectivity index (χ3v) is 2.80. The van der Waals surface area contributed by atoms with Crippen LogP contribution < -0.4 is 10.2 Å². The van der Waals surface area contributed by atoms with Crippen molar-refractivity contribution < 1.29 is 9.53 Å². The summed E-state index contributed by atoms with van der Waals surface area (Å²) in [4.78, 5) is 11.6. The van der Waals surface area contributed by atoms with E-state index in [0.717, 1.165) is 5.56 Å². The number of nitrogens with one attached hydrogen (secondary N) is 1. The van der Waals surface area contributed by atoms with Gasteiger partial charge in [-0.05, 0) is 42.0 Å². The highest BCUT2D eigenvalue weighted by atomic mass is 16.5. The Labute approximate surface area is 133 Å². The van der Waals surface area contributed by atoms with Gasteiger partial charge >= 0.3 is 0 Å². The van der Waals surface area contributed by atoms with E-state index in [4.69, 9.17) is 15.3 Å². The lowest BCUT2D eigenvalue weighted by Gasteiger charge is -2.04. The van der Waals surface area contributed by atoms with Crippen molar-refractivity contribution in [3.05, 3.63) is 65.2 Å². The molecule has 0 aromatic heterocycles. The highest BCUT2D eigenvalue weighted by molar-refractivity contribution is 5.83. The molecule has 0 bridgehead atoms. The number of nitriles is 2. The molecule has 0 heterocycles. The van der Waals surface area contributed by atoms with Crippen LogP contribution in [0, 0.1) is 22.7 Å². The maximum atomic E-state index is 11.6. The third kappa shape index (κ3) is 5.00. The maximum Gasteiger partial charge on any atom is 0.277 e. The van der Waals surface area contributed by atoms with Gasteiger partial charge in [0.15, 0.2) is 6.61 Å². The average Bonchev–Trinajstić information content (AvgIpc) is 2.61. The van der Waals surface area contributed by atoms with Gasteiger partial charge in [-0.1, -0.05) is 12.1 Å². The van der Waals surface area contributed by atoms with Gasteiger partial charge in [-0.15, -0.1) is 0 Å². The first kappa shape index (κ1) is 15.7. The Morgan fingerprint density at radius 3 is 2.17 bits per heavy atom. The SMILES string of the molecule is N#Cc1ccc(/C=N\NC(=O)COc2ccc(C#N)cc2)cc1. The summed E-state index contributed by atoms with van der Waals surface area (Å²) in [5, 5.41) is 21.2. The Morgan fingerprint density at radius 2 is 1.61 bits per heavy atom. The zero-order chi connectivity index (χ0) is 16.5. The number of benzene rings is 2. The summed E-state index contributed by atoms with van der Waals surface area (Å²) in [5.74, 6) is 0.0921. The lowest BCUT2D eigenvalue weighted by Crippen LogP contribution is -2.24. The van der Waals surface area contributed by atoms with Crippen molar-refractivity contribution in [1.29, 1.82) is 10.5 Å². The highest BCUT2D eigenvalue weighted by Crippen LogP contribution is 2.11. The van der Waals surface area contributed by atoms with E-state index >= 15 is 0 Å². The molecule has 0 saturated heterocycles. The van der Waals surface area contributed by atoms with Gasteiger partial charge in [0.2, 0.25) is 0 Å². The van der Waals surface area contributed by atoms with Gasteiger partial charge < -0.3 is 4.74 Å². The molecule has 0 aliphatic heterocycles. The number of nitrogens with zero attached hydrogens (tertiary/aromatic N) is 3. The molecule has 2 aromatic rings. The van der Waals surface area contributed by atoms with Crippen molar-refractivity contribution in [3.8, 4) is 17.9 Å². The van der Waals surface area contributed by atoms with Crippen molar-refractivity contribution in [2.24, 2.45) is 5.10 Å². The van der Waals surface area contributed by atoms with Gasteiger partial charge in [0, 0.05) is 0 Å². The minimum Gasteiger partial charge on any atom is -0.484 e. The Balaban J connectivity index is 1.79. The van der Waals surface area contributed by atoms with E-state index in [1.165, 1.54) is 6.21 Å². The van der Waals surface area contributed by atoms with Gasteiger partial charge in [0.1, 0.15) is 5.75 Å². The molecule has 0 saturated carbocycles. The number of carbonyl (C=O) groups excluding carboxylic acids is 1. The summed E-state index contributed by atoms with van der Waals surface area (Å²) in [6.45, 7) is -0.184. The van der Waals surface area contributed by atoms with E-state index in [1.807, 2.05) is 12.1 Å². The van der Waals surface area contributed by atoms with Crippen molar-refractivity contribution in [3.63, 3.8) is 0 Å². The van der Waals surface area contributed by atoms with Crippen LogP contribution in [0.25, 0.3) is 0 Å². The van der Waals surface area contributed by atoms with Gasteiger partial charge in [0.25, 0.3) is 5.91 Å². The molecule has 112 valence electrons. The fraction of sp³-hybridized carbons (Fsp3) is 0.0588. The summed E-state index contributed by atoms with van der Waals surface area (Å²) in [6, 6.07) is 17.2. The summed E-state index contributed by atoms with van der Waals surface area (Å²) >= 11 is 0. The Kier molecular flexibility index (Phi) is 5.45. The highest BCUT2D eigenvalue weighted by Gasteiger charge is 2.01. The molecule has 23 heavy (non-hydrogen) atoms. The summed E-state index contributed by atoms with van der Waals surface area (Å²) in [7, 11) is 0. The normalized spacial score (nSPS) is 9.83. The number of hydrogen-bond donors (Lipinski definition) is 1. The predicted molar refractivity (Wildman–Crippen MR) is 83.5 cm³/mol. The van der Waals surface area contributed by atoms with E-state index in [0.29, 0.717) is 16.9 Å². The molecular formula is C17H12N4O2. The maximum absolute atomic E-state index is 11.6. The predicted octanol–water partition coefficient (Wildman–Crippen LogP) is 1.96. The Hall–Kier alpha value is -3.64. The molecule has 1 amide bonds. The van der Waals surface area contributed by atoms with Crippen LogP contribution in [0.4, 0.5) is 0 Å². The lowest BCUT2D eigenvalue weighted by molar-refractivity contribution is -0.123. The van der Waals surface area contributed by atoms with Crippen LogP contribution in [0.5, 0.6) is 5.75 Å². The Morgan fingerprint density at radius 1 is 1.04 bits per heavy atom. The molecule has 0 radical (unpaired) electrons. The van der Waals surface area contributed by atoms with E-state index in [9.17, 15) is 4.79 Å². The molecule has 0 spiro atoms. The molecule has 2 rings (SSSR count). The van der Waals surface area contributed by atoms with Crippen LogP contribution in [0.3, 0.4) is 0 Å². The summed E-state index contributed by atoms with van der Waals surface area (Å²) < 4.78 is 5.27. The Bertz CT molecular complexity index is 781. The smallest absolute Gasteiger partial charge is 0.277 e. The largest absolute Gasteiger partial charge is 0.484 e. The number of carbonyl (C=O) groups is 1. The minimum atomic E-state index is -0.403. The molecule has 0 unspecified atom stereocenters. The fourth-order valence-corrected chi connectivity index (χ4v) is 1.63. The van der Waals surface area contributed by atoms with Crippen LogP contribution in [0.15, 0.2) is 53.6 Å². The quantitative estimate of drug-likeness (QED) is 0.674. The summed E-state index contributed by atoms with van der Waals surface area (Å²) in [6.07, 6.45) is 1.47. The monoisotopic (exact) mass is 304 g/mol. The first-order valence-corrected chi connectivity index (χ1v) is 6.66. The zero-order valence-electron chi connectivity index (χ0n) is 12.1. The molecule has 0 aliphatic rings. The van der Waals surface area contributed by atoms with E-state index in [1.54, 1.807) is 48.5 Å². The summed E-state index contributed by atoms with van der Waals surface area (Å²) in [5.41, 5.74) is 4.18. The fourth-order valence-electron chi connectivity index (χ4n) is 1.63. The van der Waals surface area contributed by atoms with E-state index in [2.05, 4.69) is 10.5 Å². The van der Waals surface area contributed by atoms with Crippen molar-refractivity contribution in [1.82, 2.24) is 5.43 Å². The molecule has 0 aliphatic carbocycles. The number of rotatable bonds is 5. The minimum absolute atomic E-state index is 0.184. The molecule has 0 atom stereocenters. The lowest BCUT2D eigenvalue weighted by atomic mass is 10.2. The second-order valence-electron chi connectivity index (χ2n) is 4.45. The first-order chi connectivity index (χ1) is 11.2. The first-order valence-electron chi connectivity index (χ1n) is 6.66. The molecule has 6 heteroatoms. The van der Waals surface area contributed by atoms with Crippen molar-refractivity contribution >= 4 is 12.1 Å². The van der Waals surface area contributed by atoms with Gasteiger partial charge in [-0.3, -0.25) is 4.79 Å². The van der Waals surface area contributed by atoms with E-state index in [-0.39, 0.29) is 6.61 Å². The molecular weight excluding hydrogens is 292 g/mol. The number of amides is 1.